The average Bonchev–Trinajstić information content (AvgIpc) is 2.43. The van der Waals surface area contributed by atoms with Crippen molar-refractivity contribution in [1.82, 2.24) is 5.32 Å². The molecule has 0 bridgehead atoms. The summed E-state index contributed by atoms with van der Waals surface area (Å²) in [4.78, 5) is 22.1. The minimum Gasteiger partial charge on any atom is -0.474 e. The van der Waals surface area contributed by atoms with Crippen molar-refractivity contribution in [2.45, 2.75) is 19.4 Å². The van der Waals surface area contributed by atoms with Crippen LogP contribution in [0.2, 0.25) is 5.02 Å². The summed E-state index contributed by atoms with van der Waals surface area (Å²) in [6.07, 6.45) is -0.198. The Morgan fingerprint density at radius 3 is 2.86 bits per heavy atom. The number of ether oxygens (including phenoxy) is 2. The fraction of sp³-hybridized carbons (Fsp3) is 0.462. The lowest BCUT2D eigenvalue weighted by molar-refractivity contribution is -0.386. The third-order valence-electron chi connectivity index (χ3n) is 2.62. The Kier molecular flexibility index (Phi) is 6.90. The maximum Gasteiger partial charge on any atom is 0.311 e. The first-order chi connectivity index (χ1) is 9.95. The molecule has 1 amide bonds. The molecule has 0 spiro atoms. The van der Waals surface area contributed by atoms with E-state index in [4.69, 9.17) is 21.1 Å². The molecule has 0 saturated carbocycles. The zero-order chi connectivity index (χ0) is 15.8. The average molecular weight is 317 g/mol. The van der Waals surface area contributed by atoms with E-state index in [9.17, 15) is 14.9 Å². The van der Waals surface area contributed by atoms with E-state index >= 15 is 0 Å². The van der Waals surface area contributed by atoms with Gasteiger partial charge in [0.15, 0.2) is 11.9 Å². The van der Waals surface area contributed by atoms with Crippen molar-refractivity contribution in [1.29, 1.82) is 0 Å². The third-order valence-corrected chi connectivity index (χ3v) is 2.85. The predicted molar refractivity (Wildman–Crippen MR) is 77.7 cm³/mol. The molecule has 1 aromatic carbocycles. The summed E-state index contributed by atoms with van der Waals surface area (Å²) >= 11 is 5.79. The first kappa shape index (κ1) is 17.2. The van der Waals surface area contributed by atoms with Crippen molar-refractivity contribution in [3.05, 3.63) is 33.3 Å². The fourth-order valence-corrected chi connectivity index (χ4v) is 1.71. The van der Waals surface area contributed by atoms with Crippen LogP contribution in [0.25, 0.3) is 0 Å². The first-order valence-corrected chi connectivity index (χ1v) is 6.70. The number of amides is 1. The number of carbonyl (C=O) groups excluding carboxylic acids is 1. The summed E-state index contributed by atoms with van der Waals surface area (Å²) in [6.45, 7) is 2.49. The van der Waals surface area contributed by atoms with E-state index < -0.39 is 11.0 Å². The van der Waals surface area contributed by atoms with Gasteiger partial charge in [-0.1, -0.05) is 11.6 Å². The molecule has 0 aliphatic carbocycles. The quantitative estimate of drug-likeness (QED) is 0.451. The van der Waals surface area contributed by atoms with E-state index in [1.54, 1.807) is 7.11 Å². The lowest BCUT2D eigenvalue weighted by Gasteiger charge is -2.14. The number of nitro benzene ring substituents is 1. The molecule has 8 heteroatoms. The summed E-state index contributed by atoms with van der Waals surface area (Å²) in [6, 6.07) is 3.94. The zero-order valence-electron chi connectivity index (χ0n) is 11.8. The van der Waals surface area contributed by atoms with E-state index in [0.29, 0.717) is 24.6 Å². The predicted octanol–water partition coefficient (Wildman–Crippen LogP) is 2.17. The number of nitro groups is 1. The van der Waals surface area contributed by atoms with Crippen LogP contribution in [-0.4, -0.2) is 37.2 Å². The Morgan fingerprint density at radius 1 is 1.52 bits per heavy atom. The number of halogens is 1. The molecule has 7 nitrogen and oxygen atoms in total. The number of methoxy groups -OCH3 is 1. The Morgan fingerprint density at radius 2 is 2.24 bits per heavy atom. The number of hydrogen-bond acceptors (Lipinski definition) is 5. The molecule has 0 saturated heterocycles. The van der Waals surface area contributed by atoms with Crippen molar-refractivity contribution in [2.24, 2.45) is 0 Å². The van der Waals surface area contributed by atoms with Gasteiger partial charge in [-0.05, 0) is 19.4 Å². The first-order valence-electron chi connectivity index (χ1n) is 6.33. The molecule has 0 radical (unpaired) electrons. The van der Waals surface area contributed by atoms with Crippen molar-refractivity contribution >= 4 is 23.2 Å². The van der Waals surface area contributed by atoms with Gasteiger partial charge in [0.25, 0.3) is 5.91 Å². The third kappa shape index (κ3) is 5.57. The smallest absolute Gasteiger partial charge is 0.311 e. The van der Waals surface area contributed by atoms with Crippen LogP contribution in [0.15, 0.2) is 18.2 Å². The van der Waals surface area contributed by atoms with Crippen LogP contribution in [0, 0.1) is 10.1 Å². The van der Waals surface area contributed by atoms with Gasteiger partial charge in [-0.25, -0.2) is 0 Å². The van der Waals surface area contributed by atoms with Crippen LogP contribution in [0.4, 0.5) is 5.69 Å². The van der Waals surface area contributed by atoms with Crippen LogP contribution < -0.4 is 10.1 Å². The van der Waals surface area contributed by atoms with Crippen LogP contribution in [-0.2, 0) is 9.53 Å². The molecule has 0 aromatic heterocycles. The monoisotopic (exact) mass is 316 g/mol. The number of carbonyl (C=O) groups is 1. The summed E-state index contributed by atoms with van der Waals surface area (Å²) in [5, 5.41) is 13.8. The minimum atomic E-state index is -0.871. The van der Waals surface area contributed by atoms with Gasteiger partial charge in [-0.3, -0.25) is 14.9 Å². The van der Waals surface area contributed by atoms with Crippen molar-refractivity contribution in [3.63, 3.8) is 0 Å². The van der Waals surface area contributed by atoms with Crippen LogP contribution in [0.5, 0.6) is 5.75 Å². The molecule has 21 heavy (non-hydrogen) atoms. The van der Waals surface area contributed by atoms with Gasteiger partial charge in [0, 0.05) is 37.4 Å². The fourth-order valence-electron chi connectivity index (χ4n) is 1.55. The standard InChI is InChI=1S/C13H17ClN2O5/c1-9(13(17)15-6-3-7-20-2)21-12-8-10(14)4-5-11(12)16(18)19/h4-5,8-9H,3,6-7H2,1-2H3,(H,15,17). The lowest BCUT2D eigenvalue weighted by Crippen LogP contribution is -2.37. The molecule has 0 aliphatic rings. The maximum absolute atomic E-state index is 11.8. The molecule has 0 heterocycles. The van der Waals surface area contributed by atoms with Gasteiger partial charge in [0.2, 0.25) is 0 Å². The normalized spacial score (nSPS) is 11.8. The minimum absolute atomic E-state index is 0.0351. The Labute approximate surface area is 127 Å². The second-order valence-corrected chi connectivity index (χ2v) is 4.70. The highest BCUT2D eigenvalue weighted by Gasteiger charge is 2.21. The molecule has 116 valence electrons. The Balaban J connectivity index is 2.65. The molecular weight excluding hydrogens is 300 g/mol. The second-order valence-electron chi connectivity index (χ2n) is 4.27. The second kappa shape index (κ2) is 8.43. The molecular formula is C13H17ClN2O5. The highest BCUT2D eigenvalue weighted by Crippen LogP contribution is 2.30. The van der Waals surface area contributed by atoms with E-state index in [1.807, 2.05) is 0 Å². The van der Waals surface area contributed by atoms with Crippen LogP contribution in [0.1, 0.15) is 13.3 Å². The van der Waals surface area contributed by atoms with Crippen molar-refractivity contribution in [2.75, 3.05) is 20.3 Å². The van der Waals surface area contributed by atoms with Crippen LogP contribution in [0.3, 0.4) is 0 Å². The molecule has 1 N–H and O–H groups in total. The Bertz CT molecular complexity index is 509. The van der Waals surface area contributed by atoms with Gasteiger partial charge in [0.05, 0.1) is 4.92 Å². The van der Waals surface area contributed by atoms with Gasteiger partial charge in [-0.2, -0.15) is 0 Å². The number of nitrogens with zero attached hydrogens (tertiary/aromatic N) is 1. The number of hydrogen-bond donors (Lipinski definition) is 1. The Hall–Kier alpha value is -1.86. The van der Waals surface area contributed by atoms with Gasteiger partial charge < -0.3 is 14.8 Å². The zero-order valence-corrected chi connectivity index (χ0v) is 12.6. The lowest BCUT2D eigenvalue weighted by atomic mass is 10.3. The number of benzene rings is 1. The summed E-state index contributed by atoms with van der Waals surface area (Å²) < 4.78 is 10.2. The summed E-state index contributed by atoms with van der Waals surface area (Å²) in [7, 11) is 1.58. The van der Waals surface area contributed by atoms with E-state index in [1.165, 1.54) is 25.1 Å². The van der Waals surface area contributed by atoms with Gasteiger partial charge >= 0.3 is 5.69 Å². The maximum atomic E-state index is 11.8. The molecule has 1 atom stereocenters. The van der Waals surface area contributed by atoms with E-state index in [2.05, 4.69) is 5.32 Å². The molecule has 0 aliphatic heterocycles. The molecule has 1 rings (SSSR count). The highest BCUT2D eigenvalue weighted by atomic mass is 35.5. The summed E-state index contributed by atoms with van der Waals surface area (Å²) in [5.74, 6) is -0.396. The SMILES string of the molecule is COCCCNC(=O)C(C)Oc1cc(Cl)ccc1[N+](=O)[O-]. The van der Waals surface area contributed by atoms with E-state index in [-0.39, 0.29) is 17.3 Å². The molecule has 1 unspecified atom stereocenters. The van der Waals surface area contributed by atoms with Gasteiger partial charge in [-0.15, -0.1) is 0 Å². The van der Waals surface area contributed by atoms with Gasteiger partial charge in [0.1, 0.15) is 0 Å². The van der Waals surface area contributed by atoms with E-state index in [0.717, 1.165) is 0 Å². The molecule has 1 aromatic rings. The summed E-state index contributed by atoms with van der Waals surface area (Å²) in [5.41, 5.74) is -0.238. The highest BCUT2D eigenvalue weighted by molar-refractivity contribution is 6.30. The topological polar surface area (TPSA) is 90.7 Å². The van der Waals surface area contributed by atoms with Crippen LogP contribution >= 0.6 is 11.6 Å². The molecule has 0 fully saturated rings. The van der Waals surface area contributed by atoms with Crippen molar-refractivity contribution in [3.8, 4) is 5.75 Å². The number of rotatable bonds is 8. The largest absolute Gasteiger partial charge is 0.474 e. The number of nitrogens with one attached hydrogen (secondary N) is 1. The van der Waals surface area contributed by atoms with Crippen molar-refractivity contribution < 1.29 is 19.2 Å².